The first-order chi connectivity index (χ1) is 13.5. The number of piperidine rings is 1. The van der Waals surface area contributed by atoms with Crippen LogP contribution in [0, 0.1) is 22.0 Å². The summed E-state index contributed by atoms with van der Waals surface area (Å²) < 4.78 is 10.2. The number of nitro benzene ring substituents is 1. The van der Waals surface area contributed by atoms with Gasteiger partial charge in [-0.15, -0.1) is 0 Å². The second-order valence-electron chi connectivity index (χ2n) is 8.11. The van der Waals surface area contributed by atoms with Crippen LogP contribution in [0.2, 0.25) is 0 Å². The first-order valence-electron chi connectivity index (χ1n) is 9.52. The molecule has 9 nitrogen and oxygen atoms in total. The molecule has 1 aliphatic rings. The summed E-state index contributed by atoms with van der Waals surface area (Å²) in [5.41, 5.74) is -0.784. The topological polar surface area (TPSA) is 119 Å². The van der Waals surface area contributed by atoms with E-state index in [-0.39, 0.29) is 17.2 Å². The van der Waals surface area contributed by atoms with E-state index >= 15 is 0 Å². The predicted octanol–water partition coefficient (Wildman–Crippen LogP) is 3.06. The van der Waals surface area contributed by atoms with Crippen LogP contribution in [0.15, 0.2) is 24.3 Å². The third-order valence-electron chi connectivity index (χ3n) is 4.96. The zero-order chi connectivity index (χ0) is 21.8. The molecule has 160 valence electrons. The second-order valence-corrected chi connectivity index (χ2v) is 8.11. The van der Waals surface area contributed by atoms with E-state index < -0.39 is 34.6 Å². The van der Waals surface area contributed by atoms with Crippen LogP contribution in [0.5, 0.6) is 0 Å². The molecule has 0 saturated carbocycles. The third kappa shape index (κ3) is 5.66. The standard InChI is InChI=1S/C20H28N2O7/c1-20(2,3)29-19(25)21-11-9-13(10-12-21)16(18(24)28-4)17(23)14-7-5-6-8-15(14)22(26)27/h5-8,13,16-17,23H,9-12H2,1-4H3/t16-,17-/m0/s1. The molecule has 1 amide bonds. The summed E-state index contributed by atoms with van der Waals surface area (Å²) in [6.07, 6.45) is -0.931. The summed E-state index contributed by atoms with van der Waals surface area (Å²) in [7, 11) is 1.22. The Balaban J connectivity index is 2.18. The number of hydrogen-bond donors (Lipinski definition) is 1. The SMILES string of the molecule is COC(=O)[C@@H](C1CCN(C(=O)OC(C)(C)C)CC1)[C@@H](O)c1ccccc1[N+](=O)[O-]. The number of likely N-dealkylation sites (tertiary alicyclic amines) is 1. The van der Waals surface area contributed by atoms with E-state index in [4.69, 9.17) is 9.47 Å². The molecule has 1 aromatic carbocycles. The van der Waals surface area contributed by atoms with Gasteiger partial charge in [0.25, 0.3) is 5.69 Å². The van der Waals surface area contributed by atoms with Gasteiger partial charge < -0.3 is 19.5 Å². The van der Waals surface area contributed by atoms with Gasteiger partial charge in [-0.1, -0.05) is 12.1 Å². The van der Waals surface area contributed by atoms with E-state index in [1.165, 1.54) is 25.3 Å². The molecular formula is C20H28N2O7. The van der Waals surface area contributed by atoms with E-state index in [9.17, 15) is 24.8 Å². The van der Waals surface area contributed by atoms with Gasteiger partial charge in [0.1, 0.15) is 5.60 Å². The number of hydrogen-bond acceptors (Lipinski definition) is 7. The van der Waals surface area contributed by atoms with Gasteiger partial charge >= 0.3 is 12.1 Å². The molecular weight excluding hydrogens is 380 g/mol. The minimum absolute atomic E-state index is 0.0717. The van der Waals surface area contributed by atoms with E-state index in [1.54, 1.807) is 31.7 Å². The Hall–Kier alpha value is -2.68. The maximum atomic E-state index is 12.5. The Morgan fingerprint density at radius 1 is 1.24 bits per heavy atom. The van der Waals surface area contributed by atoms with Gasteiger partial charge in [-0.3, -0.25) is 14.9 Å². The zero-order valence-electron chi connectivity index (χ0n) is 17.2. The van der Waals surface area contributed by atoms with Crippen molar-refractivity contribution in [3.63, 3.8) is 0 Å². The maximum Gasteiger partial charge on any atom is 0.410 e. The Kier molecular flexibility index (Phi) is 7.18. The van der Waals surface area contributed by atoms with E-state index in [2.05, 4.69) is 0 Å². The first-order valence-corrected chi connectivity index (χ1v) is 9.52. The number of amides is 1. The number of ether oxygens (including phenoxy) is 2. The average molecular weight is 408 g/mol. The lowest BCUT2D eigenvalue weighted by molar-refractivity contribution is -0.386. The number of carbonyl (C=O) groups is 2. The van der Waals surface area contributed by atoms with Gasteiger partial charge in [-0.05, 0) is 45.6 Å². The van der Waals surface area contributed by atoms with Crippen molar-refractivity contribution in [3.05, 3.63) is 39.9 Å². The number of nitrogens with zero attached hydrogens (tertiary/aromatic N) is 2. The van der Waals surface area contributed by atoms with Crippen molar-refractivity contribution < 1.29 is 29.1 Å². The fraction of sp³-hybridized carbons (Fsp3) is 0.600. The highest BCUT2D eigenvalue weighted by Gasteiger charge is 2.41. The van der Waals surface area contributed by atoms with Gasteiger partial charge in [-0.25, -0.2) is 4.79 Å². The summed E-state index contributed by atoms with van der Waals surface area (Å²) in [5, 5.41) is 22.2. The van der Waals surface area contributed by atoms with Crippen molar-refractivity contribution in [2.24, 2.45) is 11.8 Å². The van der Waals surface area contributed by atoms with Crippen LogP contribution in [-0.2, 0) is 14.3 Å². The fourth-order valence-corrected chi connectivity index (χ4v) is 3.58. The Morgan fingerprint density at radius 3 is 2.34 bits per heavy atom. The van der Waals surface area contributed by atoms with Crippen LogP contribution in [0.1, 0.15) is 45.3 Å². The molecule has 1 N–H and O–H groups in total. The highest BCUT2D eigenvalue weighted by atomic mass is 16.6. The van der Waals surface area contributed by atoms with Crippen molar-refractivity contribution in [1.29, 1.82) is 0 Å². The van der Waals surface area contributed by atoms with Gasteiger partial charge in [-0.2, -0.15) is 0 Å². The minimum atomic E-state index is -1.39. The summed E-state index contributed by atoms with van der Waals surface area (Å²) in [5.74, 6) is -1.90. The monoisotopic (exact) mass is 408 g/mol. The number of rotatable bonds is 5. The molecule has 1 aromatic rings. The Morgan fingerprint density at radius 2 is 1.83 bits per heavy atom. The molecule has 2 atom stereocenters. The van der Waals surface area contributed by atoms with Gasteiger partial charge in [0.15, 0.2) is 0 Å². The molecule has 9 heteroatoms. The molecule has 0 aromatic heterocycles. The normalized spacial score (nSPS) is 17.3. The summed E-state index contributed by atoms with van der Waals surface area (Å²) in [6, 6.07) is 5.80. The molecule has 1 saturated heterocycles. The highest BCUT2D eigenvalue weighted by Crippen LogP contribution is 2.38. The van der Waals surface area contributed by atoms with Crippen molar-refractivity contribution in [2.75, 3.05) is 20.2 Å². The molecule has 0 unspecified atom stereocenters. The van der Waals surface area contributed by atoms with Crippen molar-refractivity contribution in [1.82, 2.24) is 4.90 Å². The van der Waals surface area contributed by atoms with E-state index in [0.29, 0.717) is 25.9 Å². The Bertz CT molecular complexity index is 751. The lowest BCUT2D eigenvalue weighted by Gasteiger charge is -2.37. The highest BCUT2D eigenvalue weighted by molar-refractivity contribution is 5.74. The molecule has 29 heavy (non-hydrogen) atoms. The largest absolute Gasteiger partial charge is 0.469 e. The molecule has 1 fully saturated rings. The van der Waals surface area contributed by atoms with Gasteiger partial charge in [0.2, 0.25) is 0 Å². The van der Waals surface area contributed by atoms with Crippen molar-refractivity contribution >= 4 is 17.7 Å². The van der Waals surface area contributed by atoms with E-state index in [1.807, 2.05) is 0 Å². The molecule has 0 aliphatic carbocycles. The number of esters is 1. The number of nitro groups is 1. The lowest BCUT2D eigenvalue weighted by atomic mass is 9.78. The fourth-order valence-electron chi connectivity index (χ4n) is 3.58. The molecule has 0 bridgehead atoms. The van der Waals surface area contributed by atoms with Gasteiger partial charge in [0, 0.05) is 19.2 Å². The average Bonchev–Trinajstić information content (AvgIpc) is 2.67. The zero-order valence-corrected chi connectivity index (χ0v) is 17.2. The van der Waals surface area contributed by atoms with Crippen LogP contribution < -0.4 is 0 Å². The number of para-hydroxylation sites is 1. The molecule has 1 heterocycles. The van der Waals surface area contributed by atoms with E-state index in [0.717, 1.165) is 0 Å². The van der Waals surface area contributed by atoms with Crippen molar-refractivity contribution in [3.8, 4) is 0 Å². The number of aliphatic hydroxyl groups is 1. The predicted molar refractivity (Wildman–Crippen MR) is 104 cm³/mol. The van der Waals surface area contributed by atoms with Gasteiger partial charge in [0.05, 0.1) is 29.6 Å². The second kappa shape index (κ2) is 9.21. The minimum Gasteiger partial charge on any atom is -0.469 e. The summed E-state index contributed by atoms with van der Waals surface area (Å²) in [6.45, 7) is 6.07. The smallest absolute Gasteiger partial charge is 0.410 e. The first kappa shape index (κ1) is 22.6. The maximum absolute atomic E-state index is 12.5. The van der Waals surface area contributed by atoms with Crippen molar-refractivity contribution in [2.45, 2.75) is 45.3 Å². The van der Waals surface area contributed by atoms with Crippen LogP contribution in [0.4, 0.5) is 10.5 Å². The summed E-state index contributed by atoms with van der Waals surface area (Å²) in [4.78, 5) is 37.0. The lowest BCUT2D eigenvalue weighted by Crippen LogP contribution is -2.44. The van der Waals surface area contributed by atoms with Crippen LogP contribution in [0.25, 0.3) is 0 Å². The summed E-state index contributed by atoms with van der Waals surface area (Å²) >= 11 is 0. The Labute approximate surface area is 169 Å². The molecule has 0 spiro atoms. The number of benzene rings is 1. The quantitative estimate of drug-likeness (QED) is 0.452. The van der Waals surface area contributed by atoms with Crippen LogP contribution >= 0.6 is 0 Å². The molecule has 2 rings (SSSR count). The van der Waals surface area contributed by atoms with Crippen LogP contribution in [0.3, 0.4) is 0 Å². The third-order valence-corrected chi connectivity index (χ3v) is 4.96. The molecule has 1 aliphatic heterocycles. The van der Waals surface area contributed by atoms with Crippen LogP contribution in [-0.4, -0.2) is 52.8 Å². The number of carbonyl (C=O) groups excluding carboxylic acids is 2. The number of methoxy groups -OCH3 is 1. The number of aliphatic hydroxyl groups excluding tert-OH is 1. The molecule has 0 radical (unpaired) electrons.